The van der Waals surface area contributed by atoms with E-state index in [0.29, 0.717) is 0 Å². The average Bonchev–Trinajstić information content (AvgIpc) is 3.94. The Morgan fingerprint density at radius 1 is 0.367 bits per heavy atom. The van der Waals surface area contributed by atoms with Gasteiger partial charge < -0.3 is 13.7 Å². The summed E-state index contributed by atoms with van der Waals surface area (Å²) >= 11 is 0. The molecule has 2 aromatic heterocycles. The molecule has 0 fully saturated rings. The van der Waals surface area contributed by atoms with Gasteiger partial charge in [-0.1, -0.05) is 166 Å². The second-order valence-corrected chi connectivity index (χ2v) is 16.4. The van der Waals surface area contributed by atoms with Gasteiger partial charge in [-0.25, -0.2) is 0 Å². The van der Waals surface area contributed by atoms with Crippen molar-refractivity contribution in [1.29, 1.82) is 0 Å². The van der Waals surface area contributed by atoms with Crippen molar-refractivity contribution >= 4 is 60.9 Å². The van der Waals surface area contributed by atoms with Gasteiger partial charge in [-0.3, -0.25) is 0 Å². The lowest BCUT2D eigenvalue weighted by Crippen LogP contribution is -2.16. The predicted octanol–water partition coefficient (Wildman–Crippen LogP) is 16.3. The van der Waals surface area contributed by atoms with Crippen molar-refractivity contribution in [2.24, 2.45) is 0 Å². The van der Waals surface area contributed by atoms with Crippen LogP contribution in [0.3, 0.4) is 0 Å². The van der Waals surface area contributed by atoms with Crippen molar-refractivity contribution < 1.29 is 8.83 Å². The summed E-state index contributed by atoms with van der Waals surface area (Å²) in [5, 5.41) is 4.26. The highest BCUT2D eigenvalue weighted by molar-refractivity contribution is 6.24. The summed E-state index contributed by atoms with van der Waals surface area (Å²) in [4.78, 5) is 2.38. The van der Waals surface area contributed by atoms with Gasteiger partial charge in [0.15, 0.2) is 0 Å². The number of hydrogen-bond donors (Lipinski definition) is 0. The maximum Gasteiger partial charge on any atom is 0.144 e. The van der Waals surface area contributed by atoms with E-state index in [1.165, 1.54) is 33.4 Å². The number of fused-ring (bicyclic) bond motifs is 9. The Morgan fingerprint density at radius 2 is 0.950 bits per heavy atom. The zero-order valence-corrected chi connectivity index (χ0v) is 33.3. The summed E-state index contributed by atoms with van der Waals surface area (Å²) in [6, 6.07) is 71.7. The summed E-state index contributed by atoms with van der Waals surface area (Å²) in [6.45, 7) is 4.69. The van der Waals surface area contributed by atoms with Crippen LogP contribution < -0.4 is 4.90 Å². The van der Waals surface area contributed by atoms with Gasteiger partial charge in [0.2, 0.25) is 0 Å². The number of nitrogens with zero attached hydrogens (tertiary/aromatic N) is 1. The van der Waals surface area contributed by atoms with E-state index in [1.807, 2.05) is 12.1 Å². The Balaban J connectivity index is 0.999. The molecule has 284 valence electrons. The van der Waals surface area contributed by atoms with E-state index in [4.69, 9.17) is 8.83 Å². The molecule has 0 unspecified atom stereocenters. The van der Waals surface area contributed by atoms with Gasteiger partial charge in [-0.15, -0.1) is 0 Å². The smallest absolute Gasteiger partial charge is 0.144 e. The maximum absolute atomic E-state index is 7.05. The van der Waals surface area contributed by atoms with Gasteiger partial charge in [-0.05, 0) is 93.0 Å². The minimum atomic E-state index is -0.115. The number of furan rings is 2. The molecular weight excluding hydrogens is 731 g/mol. The summed E-state index contributed by atoms with van der Waals surface area (Å²) in [5.74, 6) is 0. The van der Waals surface area contributed by atoms with E-state index in [2.05, 4.69) is 207 Å². The first-order chi connectivity index (χ1) is 29.5. The van der Waals surface area contributed by atoms with E-state index in [-0.39, 0.29) is 5.41 Å². The number of benzene rings is 9. The molecule has 1 aliphatic rings. The van der Waals surface area contributed by atoms with E-state index < -0.39 is 0 Å². The van der Waals surface area contributed by atoms with Crippen LogP contribution in [0.25, 0.3) is 88.4 Å². The van der Waals surface area contributed by atoms with E-state index in [0.717, 1.165) is 83.2 Å². The third-order valence-corrected chi connectivity index (χ3v) is 12.7. The van der Waals surface area contributed by atoms with Gasteiger partial charge in [0.1, 0.15) is 22.3 Å². The van der Waals surface area contributed by atoms with Crippen LogP contribution in [0.4, 0.5) is 17.1 Å². The molecule has 9 aromatic carbocycles. The van der Waals surface area contributed by atoms with Crippen LogP contribution in [0.2, 0.25) is 0 Å². The average molecular weight is 770 g/mol. The first kappa shape index (κ1) is 34.4. The second kappa shape index (κ2) is 13.2. The minimum Gasteiger partial charge on any atom is -0.456 e. The molecule has 3 nitrogen and oxygen atoms in total. The largest absolute Gasteiger partial charge is 0.456 e. The molecule has 12 rings (SSSR count). The standard InChI is InChI=1S/C57H39NO2/c1-57(2)49-22-11-9-18-44(49)45-33-32-42(34-50(45)57)58(40-28-24-37(25-29-40)36-14-5-3-6-15-36)41-30-26-38(27-31-41)43-20-13-21-46-48-35-52-54(47-19-10-12-23-51(47)59-52)53(56(48)60-55(43)46)39-16-7-4-8-17-39/h3-35H,1-2H3. The molecule has 0 saturated heterocycles. The van der Waals surface area contributed by atoms with Gasteiger partial charge in [-0.2, -0.15) is 0 Å². The molecule has 0 spiro atoms. The van der Waals surface area contributed by atoms with Crippen molar-refractivity contribution in [3.05, 3.63) is 211 Å². The van der Waals surface area contributed by atoms with Crippen LogP contribution in [0, 0.1) is 0 Å². The SMILES string of the molecule is CC1(C)c2ccccc2-c2ccc(N(c3ccc(-c4ccccc4)cc3)c3ccc(-c4cccc5c4oc4c(-c6ccccc6)c6c(cc45)oc4ccccc46)cc3)cc21. The number of hydrogen-bond acceptors (Lipinski definition) is 3. The zero-order valence-electron chi connectivity index (χ0n) is 33.3. The Morgan fingerprint density at radius 3 is 1.72 bits per heavy atom. The third kappa shape index (κ3) is 5.22. The van der Waals surface area contributed by atoms with E-state index in [9.17, 15) is 0 Å². The minimum absolute atomic E-state index is 0.115. The van der Waals surface area contributed by atoms with E-state index in [1.54, 1.807) is 0 Å². The van der Waals surface area contributed by atoms with Gasteiger partial charge in [0, 0.05) is 55.1 Å². The molecule has 0 saturated carbocycles. The molecule has 0 aliphatic heterocycles. The van der Waals surface area contributed by atoms with Crippen LogP contribution in [-0.2, 0) is 5.41 Å². The summed E-state index contributed by atoms with van der Waals surface area (Å²) in [7, 11) is 0. The fourth-order valence-corrected chi connectivity index (χ4v) is 9.75. The summed E-state index contributed by atoms with van der Waals surface area (Å²) < 4.78 is 13.5. The molecule has 1 aliphatic carbocycles. The fourth-order valence-electron chi connectivity index (χ4n) is 9.75. The van der Waals surface area contributed by atoms with Gasteiger partial charge in [0.05, 0.1) is 0 Å². The maximum atomic E-state index is 7.05. The van der Waals surface area contributed by atoms with Crippen molar-refractivity contribution in [2.45, 2.75) is 19.3 Å². The highest BCUT2D eigenvalue weighted by atomic mass is 16.3. The predicted molar refractivity (Wildman–Crippen MR) is 250 cm³/mol. The Kier molecular flexibility index (Phi) is 7.58. The van der Waals surface area contributed by atoms with Crippen molar-refractivity contribution in [1.82, 2.24) is 0 Å². The first-order valence-corrected chi connectivity index (χ1v) is 20.7. The normalized spacial score (nSPS) is 13.0. The van der Waals surface area contributed by atoms with Crippen molar-refractivity contribution in [2.75, 3.05) is 4.90 Å². The molecule has 0 N–H and O–H groups in total. The number of anilines is 3. The lowest BCUT2D eigenvalue weighted by atomic mass is 9.82. The van der Waals surface area contributed by atoms with Gasteiger partial charge in [0.25, 0.3) is 0 Å². The lowest BCUT2D eigenvalue weighted by Gasteiger charge is -2.28. The zero-order chi connectivity index (χ0) is 40.0. The monoisotopic (exact) mass is 769 g/mol. The van der Waals surface area contributed by atoms with E-state index >= 15 is 0 Å². The number of para-hydroxylation sites is 2. The lowest BCUT2D eigenvalue weighted by molar-refractivity contribution is 0.660. The first-order valence-electron chi connectivity index (χ1n) is 20.7. The molecule has 60 heavy (non-hydrogen) atoms. The third-order valence-electron chi connectivity index (χ3n) is 12.7. The number of rotatable bonds is 6. The Hall–Kier alpha value is -7.62. The Labute approximate surface area is 348 Å². The van der Waals surface area contributed by atoms with Crippen LogP contribution in [0.1, 0.15) is 25.0 Å². The van der Waals surface area contributed by atoms with Crippen LogP contribution in [-0.4, -0.2) is 0 Å². The van der Waals surface area contributed by atoms with Gasteiger partial charge >= 0.3 is 0 Å². The highest BCUT2D eigenvalue weighted by Gasteiger charge is 2.35. The molecule has 0 amide bonds. The summed E-state index contributed by atoms with van der Waals surface area (Å²) in [5.41, 5.74) is 18.7. The molecule has 11 aromatic rings. The molecule has 0 bridgehead atoms. The molecular formula is C57H39NO2. The van der Waals surface area contributed by atoms with Crippen molar-refractivity contribution in [3.8, 4) is 44.5 Å². The van der Waals surface area contributed by atoms with Crippen LogP contribution in [0.15, 0.2) is 209 Å². The molecule has 3 heteroatoms. The Bertz CT molecular complexity index is 3430. The van der Waals surface area contributed by atoms with Crippen molar-refractivity contribution in [3.63, 3.8) is 0 Å². The topological polar surface area (TPSA) is 29.5 Å². The quantitative estimate of drug-likeness (QED) is 0.169. The molecule has 0 atom stereocenters. The highest BCUT2D eigenvalue weighted by Crippen LogP contribution is 2.51. The molecule has 0 radical (unpaired) electrons. The molecule has 2 heterocycles. The fraction of sp³-hybridized carbons (Fsp3) is 0.0526. The van der Waals surface area contributed by atoms with Crippen LogP contribution >= 0.6 is 0 Å². The second-order valence-electron chi connectivity index (χ2n) is 16.4. The van der Waals surface area contributed by atoms with Crippen LogP contribution in [0.5, 0.6) is 0 Å². The summed E-state index contributed by atoms with van der Waals surface area (Å²) in [6.07, 6.45) is 0.